The minimum Gasteiger partial charge on any atom is -0.306 e. The number of nitrogens with one attached hydrogen (secondary N) is 1. The number of hydrogen-bond donors (Lipinski definition) is 1. The summed E-state index contributed by atoms with van der Waals surface area (Å²) in [5.41, 5.74) is 1.25. The van der Waals surface area contributed by atoms with Crippen LogP contribution in [0.4, 0.5) is 0 Å². The molecule has 0 saturated heterocycles. The number of benzene rings is 1. The minimum atomic E-state index is 0.573. The van der Waals surface area contributed by atoms with Crippen molar-refractivity contribution in [3.8, 4) is 0 Å². The van der Waals surface area contributed by atoms with Crippen LogP contribution in [0.25, 0.3) is 0 Å². The molecule has 102 valence electrons. The average Bonchev–Trinajstić information content (AvgIpc) is 2.78. The van der Waals surface area contributed by atoms with Crippen molar-refractivity contribution in [1.29, 1.82) is 0 Å². The summed E-state index contributed by atoms with van der Waals surface area (Å²) in [7, 11) is 0. The lowest BCUT2D eigenvalue weighted by molar-refractivity contribution is 0.457. The van der Waals surface area contributed by atoms with Gasteiger partial charge in [-0.1, -0.05) is 48.0 Å². The van der Waals surface area contributed by atoms with E-state index in [2.05, 4.69) is 57.3 Å². The number of aromatic nitrogens is 3. The van der Waals surface area contributed by atoms with E-state index in [4.69, 9.17) is 0 Å². The molecule has 0 bridgehead atoms. The third-order valence-electron chi connectivity index (χ3n) is 2.79. The molecule has 1 aromatic heterocycles. The molecule has 0 aliphatic rings. The van der Waals surface area contributed by atoms with E-state index in [1.807, 2.05) is 16.8 Å². The van der Waals surface area contributed by atoms with Crippen LogP contribution in [0.3, 0.4) is 0 Å². The summed E-state index contributed by atoms with van der Waals surface area (Å²) in [4.78, 5) is 4.30. The van der Waals surface area contributed by atoms with Crippen molar-refractivity contribution in [2.75, 3.05) is 0 Å². The van der Waals surface area contributed by atoms with Gasteiger partial charge in [-0.25, -0.2) is 9.67 Å². The Balaban J connectivity index is 1.89. The molecule has 0 saturated carbocycles. The Morgan fingerprint density at radius 3 is 2.79 bits per heavy atom. The number of nitrogens with zero attached hydrogens (tertiary/aromatic N) is 3. The summed E-state index contributed by atoms with van der Waals surface area (Å²) in [5.74, 6) is 1.56. The van der Waals surface area contributed by atoms with E-state index >= 15 is 0 Å². The standard InChI is InChI=1S/C14H19BrN4/c1-11(2)9-19-14(17-10-18-19)8-16-7-12-5-3-4-6-13(12)15/h3-6,10-11,16H,7-9H2,1-2H3. The third kappa shape index (κ3) is 4.14. The zero-order valence-electron chi connectivity index (χ0n) is 11.3. The van der Waals surface area contributed by atoms with Crippen LogP contribution in [-0.2, 0) is 19.6 Å². The Morgan fingerprint density at radius 2 is 2.05 bits per heavy atom. The normalized spacial score (nSPS) is 11.2. The van der Waals surface area contributed by atoms with Crippen LogP contribution >= 0.6 is 15.9 Å². The SMILES string of the molecule is CC(C)Cn1ncnc1CNCc1ccccc1Br. The molecule has 1 heterocycles. The molecule has 5 heteroatoms. The lowest BCUT2D eigenvalue weighted by Crippen LogP contribution is -2.18. The molecule has 0 amide bonds. The van der Waals surface area contributed by atoms with Crippen molar-refractivity contribution in [2.24, 2.45) is 5.92 Å². The van der Waals surface area contributed by atoms with Crippen molar-refractivity contribution in [1.82, 2.24) is 20.1 Å². The van der Waals surface area contributed by atoms with Gasteiger partial charge in [-0.3, -0.25) is 0 Å². The van der Waals surface area contributed by atoms with Crippen molar-refractivity contribution in [3.05, 3.63) is 46.5 Å². The van der Waals surface area contributed by atoms with Gasteiger partial charge in [-0.2, -0.15) is 5.10 Å². The van der Waals surface area contributed by atoms with Crippen LogP contribution in [0.15, 0.2) is 35.1 Å². The fourth-order valence-corrected chi connectivity index (χ4v) is 2.30. The first-order valence-electron chi connectivity index (χ1n) is 6.47. The summed E-state index contributed by atoms with van der Waals surface area (Å²) in [6, 6.07) is 8.23. The van der Waals surface area contributed by atoms with Crippen LogP contribution in [0.2, 0.25) is 0 Å². The molecular weight excluding hydrogens is 304 g/mol. The maximum atomic E-state index is 4.30. The summed E-state index contributed by atoms with van der Waals surface area (Å²) in [5, 5.41) is 7.66. The topological polar surface area (TPSA) is 42.7 Å². The van der Waals surface area contributed by atoms with Crippen LogP contribution in [0.1, 0.15) is 25.2 Å². The van der Waals surface area contributed by atoms with E-state index in [1.165, 1.54) is 5.56 Å². The zero-order valence-corrected chi connectivity index (χ0v) is 12.9. The first kappa shape index (κ1) is 14.2. The second-order valence-corrected chi connectivity index (χ2v) is 5.80. The van der Waals surface area contributed by atoms with Crippen LogP contribution in [0.5, 0.6) is 0 Å². The number of halogens is 1. The van der Waals surface area contributed by atoms with Gasteiger partial charge in [0.05, 0.1) is 6.54 Å². The maximum absolute atomic E-state index is 4.30. The smallest absolute Gasteiger partial charge is 0.140 e. The van der Waals surface area contributed by atoms with Crippen molar-refractivity contribution >= 4 is 15.9 Å². The van der Waals surface area contributed by atoms with Gasteiger partial charge in [-0.15, -0.1) is 0 Å². The fourth-order valence-electron chi connectivity index (χ4n) is 1.87. The monoisotopic (exact) mass is 322 g/mol. The molecule has 0 spiro atoms. The highest BCUT2D eigenvalue weighted by Gasteiger charge is 2.06. The van der Waals surface area contributed by atoms with Crippen LogP contribution in [-0.4, -0.2) is 14.8 Å². The van der Waals surface area contributed by atoms with Crippen molar-refractivity contribution in [2.45, 2.75) is 33.5 Å². The van der Waals surface area contributed by atoms with E-state index in [0.29, 0.717) is 5.92 Å². The van der Waals surface area contributed by atoms with Gasteiger partial charge in [0.15, 0.2) is 0 Å². The molecule has 1 N–H and O–H groups in total. The summed E-state index contributed by atoms with van der Waals surface area (Å²) >= 11 is 3.55. The second-order valence-electron chi connectivity index (χ2n) is 4.95. The lowest BCUT2D eigenvalue weighted by atomic mass is 10.2. The molecular formula is C14H19BrN4. The van der Waals surface area contributed by atoms with Crippen LogP contribution in [0, 0.1) is 5.92 Å². The molecule has 2 aromatic rings. The van der Waals surface area contributed by atoms with Gasteiger partial charge < -0.3 is 5.32 Å². The number of rotatable bonds is 6. The lowest BCUT2D eigenvalue weighted by Gasteiger charge is -2.10. The molecule has 0 fully saturated rings. The van der Waals surface area contributed by atoms with Gasteiger partial charge in [0, 0.05) is 17.6 Å². The van der Waals surface area contributed by atoms with Crippen molar-refractivity contribution < 1.29 is 0 Å². The maximum Gasteiger partial charge on any atom is 0.140 e. The predicted molar refractivity (Wildman–Crippen MR) is 79.5 cm³/mol. The first-order valence-corrected chi connectivity index (χ1v) is 7.27. The molecule has 1 aromatic carbocycles. The van der Waals surface area contributed by atoms with Crippen molar-refractivity contribution in [3.63, 3.8) is 0 Å². The summed E-state index contributed by atoms with van der Waals surface area (Å²) in [6.07, 6.45) is 1.62. The highest BCUT2D eigenvalue weighted by molar-refractivity contribution is 9.10. The van der Waals surface area contributed by atoms with Crippen LogP contribution < -0.4 is 5.32 Å². The van der Waals surface area contributed by atoms with E-state index in [0.717, 1.165) is 29.9 Å². The van der Waals surface area contributed by atoms with E-state index in [1.54, 1.807) is 6.33 Å². The summed E-state index contributed by atoms with van der Waals surface area (Å²) in [6.45, 7) is 6.82. The Labute approximate surface area is 122 Å². The quantitative estimate of drug-likeness (QED) is 0.889. The van der Waals surface area contributed by atoms with Gasteiger partial charge in [0.1, 0.15) is 12.2 Å². The fraction of sp³-hybridized carbons (Fsp3) is 0.429. The molecule has 0 aliphatic carbocycles. The molecule has 4 nitrogen and oxygen atoms in total. The first-order chi connectivity index (χ1) is 9.16. The summed E-state index contributed by atoms with van der Waals surface area (Å²) < 4.78 is 3.10. The molecule has 0 atom stereocenters. The average molecular weight is 323 g/mol. The molecule has 19 heavy (non-hydrogen) atoms. The Kier molecular flexibility index (Phi) is 5.10. The Bertz CT molecular complexity index is 522. The molecule has 2 rings (SSSR count). The Morgan fingerprint density at radius 1 is 1.26 bits per heavy atom. The minimum absolute atomic E-state index is 0.573. The molecule has 0 radical (unpaired) electrons. The molecule has 0 unspecified atom stereocenters. The van der Waals surface area contributed by atoms with E-state index in [-0.39, 0.29) is 0 Å². The third-order valence-corrected chi connectivity index (χ3v) is 3.56. The number of hydrogen-bond acceptors (Lipinski definition) is 3. The largest absolute Gasteiger partial charge is 0.306 e. The van der Waals surface area contributed by atoms with Gasteiger partial charge >= 0.3 is 0 Å². The van der Waals surface area contributed by atoms with Gasteiger partial charge in [0.2, 0.25) is 0 Å². The molecule has 0 aliphatic heterocycles. The van der Waals surface area contributed by atoms with Gasteiger partial charge in [-0.05, 0) is 17.5 Å². The highest BCUT2D eigenvalue weighted by atomic mass is 79.9. The second kappa shape index (κ2) is 6.82. The Hall–Kier alpha value is -1.20. The highest BCUT2D eigenvalue weighted by Crippen LogP contribution is 2.15. The van der Waals surface area contributed by atoms with E-state index in [9.17, 15) is 0 Å². The van der Waals surface area contributed by atoms with Gasteiger partial charge in [0.25, 0.3) is 0 Å². The zero-order chi connectivity index (χ0) is 13.7. The predicted octanol–water partition coefficient (Wildman–Crippen LogP) is 2.99. The van der Waals surface area contributed by atoms with E-state index < -0.39 is 0 Å².